The molecule has 2 atom stereocenters. The first-order chi connectivity index (χ1) is 13.7. The molecule has 2 unspecified atom stereocenters. The number of carbonyl (C=O) groups is 3. The third kappa shape index (κ3) is 8.06. The summed E-state index contributed by atoms with van der Waals surface area (Å²) in [5.41, 5.74) is -0.176. The number of hydrogen-bond donors (Lipinski definition) is 1. The molecule has 0 bridgehead atoms. The highest BCUT2D eigenvalue weighted by atomic mass is 16.6. The first kappa shape index (κ1) is 24.4. The minimum atomic E-state index is -0.915. The van der Waals surface area contributed by atoms with Gasteiger partial charge in [-0.3, -0.25) is 9.59 Å². The molecular weight excluding hydrogens is 380 g/mol. The van der Waals surface area contributed by atoms with E-state index in [1.165, 1.54) is 33.4 Å². The predicted molar refractivity (Wildman–Crippen MR) is 105 cm³/mol. The second-order valence-corrected chi connectivity index (χ2v) is 6.98. The van der Waals surface area contributed by atoms with Gasteiger partial charge in [-0.05, 0) is 26.2 Å². The minimum Gasteiger partial charge on any atom is -0.493 e. The lowest BCUT2D eigenvalue weighted by atomic mass is 10.1. The molecule has 0 spiro atoms. The van der Waals surface area contributed by atoms with Gasteiger partial charge in [-0.1, -0.05) is 13.8 Å². The second kappa shape index (κ2) is 12.0. The van der Waals surface area contributed by atoms with Crippen LogP contribution in [0.4, 0.5) is 0 Å². The number of pyridine rings is 1. The Morgan fingerprint density at radius 2 is 1.83 bits per heavy atom. The molecule has 0 aromatic carbocycles. The molecule has 0 aliphatic heterocycles. The fourth-order valence-electron chi connectivity index (χ4n) is 2.54. The number of nitrogens with one attached hydrogen (secondary N) is 1. The van der Waals surface area contributed by atoms with Gasteiger partial charge in [0.05, 0.1) is 26.2 Å². The highest BCUT2D eigenvalue weighted by molar-refractivity contribution is 5.98. The quantitative estimate of drug-likeness (QED) is 0.552. The van der Waals surface area contributed by atoms with Crippen molar-refractivity contribution in [3.05, 3.63) is 18.0 Å². The van der Waals surface area contributed by atoms with E-state index < -0.39 is 23.9 Å². The summed E-state index contributed by atoms with van der Waals surface area (Å²) in [4.78, 5) is 40.8. The number of carbonyl (C=O) groups excluding carboxylic acids is 3. The Bertz CT molecular complexity index is 706. The van der Waals surface area contributed by atoms with E-state index in [1.807, 2.05) is 13.8 Å². The van der Waals surface area contributed by atoms with Crippen molar-refractivity contribution in [1.29, 1.82) is 0 Å². The van der Waals surface area contributed by atoms with Crippen LogP contribution in [0, 0.1) is 5.92 Å². The number of esters is 2. The maximum atomic E-state index is 12.7. The van der Waals surface area contributed by atoms with Gasteiger partial charge in [-0.2, -0.15) is 0 Å². The third-order valence-corrected chi connectivity index (χ3v) is 3.85. The van der Waals surface area contributed by atoms with E-state index in [2.05, 4.69) is 10.3 Å². The number of amides is 1. The predicted octanol–water partition coefficient (Wildman–Crippen LogP) is 2.13. The van der Waals surface area contributed by atoms with Gasteiger partial charge in [0.25, 0.3) is 5.91 Å². The van der Waals surface area contributed by atoms with Crippen molar-refractivity contribution in [3.63, 3.8) is 0 Å². The highest BCUT2D eigenvalue weighted by Gasteiger charge is 2.26. The number of rotatable bonds is 11. The monoisotopic (exact) mass is 410 g/mol. The van der Waals surface area contributed by atoms with E-state index in [9.17, 15) is 14.4 Å². The number of nitrogens with zero attached hydrogens (tertiary/aromatic N) is 1. The molecule has 29 heavy (non-hydrogen) atoms. The van der Waals surface area contributed by atoms with Crippen LogP contribution in [0.1, 0.15) is 51.0 Å². The van der Waals surface area contributed by atoms with Crippen LogP contribution >= 0.6 is 0 Å². The molecule has 0 fully saturated rings. The molecule has 0 aliphatic carbocycles. The van der Waals surface area contributed by atoms with Crippen LogP contribution in [0.25, 0.3) is 0 Å². The minimum absolute atomic E-state index is 0.00786. The summed E-state index contributed by atoms with van der Waals surface area (Å²) in [5.74, 6) is -1.45. The molecule has 1 heterocycles. The molecule has 0 saturated heterocycles. The zero-order chi connectivity index (χ0) is 22.0. The maximum absolute atomic E-state index is 12.7. The van der Waals surface area contributed by atoms with Crippen LogP contribution in [-0.2, 0) is 19.1 Å². The van der Waals surface area contributed by atoms with Gasteiger partial charge in [-0.25, -0.2) is 9.78 Å². The summed E-state index contributed by atoms with van der Waals surface area (Å²) >= 11 is 0. The number of ether oxygens (including phenoxy) is 4. The molecule has 1 aromatic rings. The molecule has 1 rings (SSSR count). The zero-order valence-electron chi connectivity index (χ0n) is 17.8. The SMILES string of the molecule is COCCC(=O)Oc1c(OC)ccnc1C(=O)NC(C)C(=O)OC(C)CC(C)C. The molecular formula is C20H30N2O7. The van der Waals surface area contributed by atoms with Crippen molar-refractivity contribution in [3.8, 4) is 11.5 Å². The maximum Gasteiger partial charge on any atom is 0.328 e. The molecule has 1 amide bonds. The van der Waals surface area contributed by atoms with Gasteiger partial charge in [-0.15, -0.1) is 0 Å². The van der Waals surface area contributed by atoms with Crippen LogP contribution in [0.2, 0.25) is 0 Å². The Morgan fingerprint density at radius 3 is 2.41 bits per heavy atom. The van der Waals surface area contributed by atoms with E-state index in [-0.39, 0.29) is 36.3 Å². The van der Waals surface area contributed by atoms with Crippen LogP contribution < -0.4 is 14.8 Å². The molecule has 162 valence electrons. The highest BCUT2D eigenvalue weighted by Crippen LogP contribution is 2.30. The topological polar surface area (TPSA) is 113 Å². The standard InChI is InChI=1S/C20H30N2O7/c1-12(2)11-13(3)28-20(25)14(4)22-19(24)17-18(15(27-6)7-9-21-17)29-16(23)8-10-26-5/h7,9,12-14H,8,10-11H2,1-6H3,(H,22,24). The molecule has 0 radical (unpaired) electrons. The van der Waals surface area contributed by atoms with Crippen molar-refractivity contribution in [2.75, 3.05) is 20.8 Å². The fraction of sp³-hybridized carbons (Fsp3) is 0.600. The summed E-state index contributed by atoms with van der Waals surface area (Å²) in [5, 5.41) is 2.52. The molecule has 9 nitrogen and oxygen atoms in total. The molecule has 9 heteroatoms. The van der Waals surface area contributed by atoms with Crippen LogP contribution in [0.3, 0.4) is 0 Å². The fourth-order valence-corrected chi connectivity index (χ4v) is 2.54. The Hall–Kier alpha value is -2.68. The van der Waals surface area contributed by atoms with E-state index >= 15 is 0 Å². The van der Waals surface area contributed by atoms with E-state index in [1.54, 1.807) is 6.92 Å². The number of hydrogen-bond acceptors (Lipinski definition) is 8. The molecule has 0 aliphatic rings. The van der Waals surface area contributed by atoms with Gasteiger partial charge < -0.3 is 24.3 Å². The zero-order valence-corrected chi connectivity index (χ0v) is 17.8. The average molecular weight is 410 g/mol. The van der Waals surface area contributed by atoms with Crippen molar-refractivity contribution in [2.24, 2.45) is 5.92 Å². The summed E-state index contributed by atoms with van der Waals surface area (Å²) in [7, 11) is 2.83. The molecule has 1 N–H and O–H groups in total. The third-order valence-electron chi connectivity index (χ3n) is 3.85. The summed E-state index contributed by atoms with van der Waals surface area (Å²) in [6, 6.07) is 0.545. The summed E-state index contributed by atoms with van der Waals surface area (Å²) < 4.78 is 20.6. The van der Waals surface area contributed by atoms with Crippen molar-refractivity contribution < 1.29 is 33.3 Å². The smallest absolute Gasteiger partial charge is 0.328 e. The Morgan fingerprint density at radius 1 is 1.14 bits per heavy atom. The van der Waals surface area contributed by atoms with Crippen LogP contribution in [0.5, 0.6) is 11.5 Å². The van der Waals surface area contributed by atoms with E-state index in [4.69, 9.17) is 18.9 Å². The normalized spacial score (nSPS) is 12.8. The first-order valence-corrected chi connectivity index (χ1v) is 9.43. The van der Waals surface area contributed by atoms with E-state index in [0.717, 1.165) is 0 Å². The Kier molecular flexibility index (Phi) is 10.1. The first-order valence-electron chi connectivity index (χ1n) is 9.43. The van der Waals surface area contributed by atoms with E-state index in [0.29, 0.717) is 12.3 Å². The van der Waals surface area contributed by atoms with Crippen LogP contribution in [-0.4, -0.2) is 55.8 Å². The van der Waals surface area contributed by atoms with Gasteiger partial charge in [0.2, 0.25) is 5.75 Å². The lowest BCUT2D eigenvalue weighted by molar-refractivity contribution is -0.150. The Labute approximate surface area is 171 Å². The van der Waals surface area contributed by atoms with Gasteiger partial charge in [0.15, 0.2) is 11.4 Å². The Balaban J connectivity index is 2.89. The van der Waals surface area contributed by atoms with Crippen molar-refractivity contribution in [1.82, 2.24) is 10.3 Å². The summed E-state index contributed by atoms with van der Waals surface area (Å²) in [6.45, 7) is 7.53. The lowest BCUT2D eigenvalue weighted by Gasteiger charge is -2.19. The summed E-state index contributed by atoms with van der Waals surface area (Å²) in [6.07, 6.45) is 1.78. The molecule has 1 aromatic heterocycles. The molecule has 0 saturated carbocycles. The second-order valence-electron chi connectivity index (χ2n) is 6.98. The number of aromatic nitrogens is 1. The average Bonchev–Trinajstić information content (AvgIpc) is 2.65. The van der Waals surface area contributed by atoms with Crippen LogP contribution in [0.15, 0.2) is 12.3 Å². The number of methoxy groups -OCH3 is 2. The van der Waals surface area contributed by atoms with Crippen molar-refractivity contribution in [2.45, 2.75) is 52.7 Å². The van der Waals surface area contributed by atoms with Gasteiger partial charge >= 0.3 is 11.9 Å². The van der Waals surface area contributed by atoms with Crippen molar-refractivity contribution >= 4 is 17.8 Å². The lowest BCUT2D eigenvalue weighted by Crippen LogP contribution is -2.41. The van der Waals surface area contributed by atoms with Gasteiger partial charge in [0, 0.05) is 19.4 Å². The van der Waals surface area contributed by atoms with Gasteiger partial charge in [0.1, 0.15) is 6.04 Å². The largest absolute Gasteiger partial charge is 0.493 e.